The molecule has 0 radical (unpaired) electrons. The zero-order chi connectivity index (χ0) is 21.3. The smallest absolute Gasteiger partial charge is 0.311 e. The van der Waals surface area contributed by atoms with Gasteiger partial charge in [-0.05, 0) is 54.8 Å². The summed E-state index contributed by atoms with van der Waals surface area (Å²) in [5.41, 5.74) is 4.36. The number of hydrogen-bond acceptors (Lipinski definition) is 4. The van der Waals surface area contributed by atoms with E-state index in [2.05, 4.69) is 6.07 Å². The maximum Gasteiger partial charge on any atom is 0.311 e. The molecule has 0 amide bonds. The number of rotatable bonds is 7. The largest absolute Gasteiger partial charge is 0.496 e. The Morgan fingerprint density at radius 2 is 1.70 bits per heavy atom. The third-order valence-corrected chi connectivity index (χ3v) is 4.68. The van der Waals surface area contributed by atoms with E-state index in [0.717, 1.165) is 16.7 Å². The first-order chi connectivity index (χ1) is 14.6. The highest BCUT2D eigenvalue weighted by atomic mass is 16.5. The Labute approximate surface area is 177 Å². The van der Waals surface area contributed by atoms with E-state index in [1.807, 2.05) is 67.6 Å². The van der Waals surface area contributed by atoms with E-state index < -0.39 is 0 Å². The van der Waals surface area contributed by atoms with Gasteiger partial charge in [-0.15, -0.1) is 0 Å². The van der Waals surface area contributed by atoms with Crippen molar-refractivity contribution in [2.75, 3.05) is 7.11 Å². The molecule has 3 rings (SSSR count). The number of nitriles is 1. The summed E-state index contributed by atoms with van der Waals surface area (Å²) < 4.78 is 10.8. The van der Waals surface area contributed by atoms with Crippen molar-refractivity contribution in [2.24, 2.45) is 0 Å². The summed E-state index contributed by atoms with van der Waals surface area (Å²) >= 11 is 0. The first-order valence-electron chi connectivity index (χ1n) is 9.70. The van der Waals surface area contributed by atoms with Gasteiger partial charge in [0, 0.05) is 12.0 Å². The molecular weight excluding hydrogens is 374 g/mol. The van der Waals surface area contributed by atoms with Gasteiger partial charge in [0.15, 0.2) is 0 Å². The molecule has 0 saturated carbocycles. The van der Waals surface area contributed by atoms with Crippen LogP contribution in [0.2, 0.25) is 0 Å². The van der Waals surface area contributed by atoms with Gasteiger partial charge in [0.05, 0.1) is 18.8 Å². The zero-order valence-electron chi connectivity index (χ0n) is 17.1. The average Bonchev–Trinajstić information content (AvgIpc) is 2.78. The minimum absolute atomic E-state index is 0.273. The van der Waals surface area contributed by atoms with Crippen LogP contribution < -0.4 is 9.47 Å². The topological polar surface area (TPSA) is 59.3 Å². The summed E-state index contributed by atoms with van der Waals surface area (Å²) in [7, 11) is 1.58. The van der Waals surface area contributed by atoms with Crippen molar-refractivity contribution in [1.82, 2.24) is 0 Å². The molecule has 0 heterocycles. The van der Waals surface area contributed by atoms with Crippen LogP contribution >= 0.6 is 0 Å². The molecule has 0 saturated heterocycles. The molecule has 0 atom stereocenters. The molecule has 0 aliphatic heterocycles. The Morgan fingerprint density at radius 1 is 1.00 bits per heavy atom. The quantitative estimate of drug-likeness (QED) is 0.225. The van der Waals surface area contributed by atoms with Crippen LogP contribution in [0.25, 0.3) is 11.6 Å². The number of nitrogens with zero attached hydrogens (tertiary/aromatic N) is 1. The first-order valence-corrected chi connectivity index (χ1v) is 9.70. The van der Waals surface area contributed by atoms with Crippen molar-refractivity contribution < 1.29 is 14.3 Å². The van der Waals surface area contributed by atoms with Gasteiger partial charge in [0.25, 0.3) is 0 Å². The molecule has 0 fully saturated rings. The fourth-order valence-electron chi connectivity index (χ4n) is 3.02. The Hall–Kier alpha value is -3.84. The molecule has 4 heteroatoms. The molecule has 0 spiro atoms. The average molecular weight is 397 g/mol. The van der Waals surface area contributed by atoms with E-state index in [1.165, 1.54) is 5.56 Å². The molecule has 150 valence electrons. The molecule has 0 N–H and O–H groups in total. The third-order valence-electron chi connectivity index (χ3n) is 4.68. The SMILES string of the molecule is COc1ccccc1/C(C#N)=C\c1ccc(OC(=O)CCc2ccc(C)cc2)cc1. The van der Waals surface area contributed by atoms with Crippen molar-refractivity contribution in [3.05, 3.63) is 95.1 Å². The molecule has 3 aromatic rings. The van der Waals surface area contributed by atoms with Gasteiger partial charge in [0.1, 0.15) is 11.5 Å². The number of allylic oxidation sites excluding steroid dienone is 1. The summed E-state index contributed by atoms with van der Waals surface area (Å²) in [6.07, 6.45) is 2.74. The van der Waals surface area contributed by atoms with E-state index in [-0.39, 0.29) is 5.97 Å². The first kappa shape index (κ1) is 20.9. The van der Waals surface area contributed by atoms with E-state index in [0.29, 0.717) is 29.9 Å². The van der Waals surface area contributed by atoms with Gasteiger partial charge in [-0.25, -0.2) is 0 Å². The van der Waals surface area contributed by atoms with Gasteiger partial charge in [-0.1, -0.05) is 54.1 Å². The predicted octanol–water partition coefficient (Wildman–Crippen LogP) is 5.61. The summed E-state index contributed by atoms with van der Waals surface area (Å²) in [6.45, 7) is 2.03. The fraction of sp³-hybridized carbons (Fsp3) is 0.154. The normalized spacial score (nSPS) is 10.9. The summed E-state index contributed by atoms with van der Waals surface area (Å²) in [5.74, 6) is 0.854. The maximum atomic E-state index is 12.1. The van der Waals surface area contributed by atoms with Crippen LogP contribution in [0.5, 0.6) is 11.5 Å². The Balaban J connectivity index is 1.64. The standard InChI is InChI=1S/C26H23NO3/c1-19-7-9-20(10-8-19)13-16-26(28)30-23-14-11-21(12-15-23)17-22(18-27)24-5-3-4-6-25(24)29-2/h3-12,14-15,17H,13,16H2,1-2H3/b22-17-. The lowest BCUT2D eigenvalue weighted by Crippen LogP contribution is -2.09. The monoisotopic (exact) mass is 397 g/mol. The van der Waals surface area contributed by atoms with E-state index in [1.54, 1.807) is 25.3 Å². The van der Waals surface area contributed by atoms with Gasteiger partial charge < -0.3 is 9.47 Å². The molecule has 3 aromatic carbocycles. The Bertz CT molecular complexity index is 1070. The summed E-state index contributed by atoms with van der Waals surface area (Å²) in [4.78, 5) is 12.1. The Morgan fingerprint density at radius 3 is 2.37 bits per heavy atom. The number of esters is 1. The molecule has 30 heavy (non-hydrogen) atoms. The van der Waals surface area contributed by atoms with Crippen LogP contribution in [0.4, 0.5) is 0 Å². The van der Waals surface area contributed by atoms with E-state index in [9.17, 15) is 10.1 Å². The van der Waals surface area contributed by atoms with Crippen molar-refractivity contribution in [2.45, 2.75) is 19.8 Å². The van der Waals surface area contributed by atoms with Crippen LogP contribution in [0.3, 0.4) is 0 Å². The van der Waals surface area contributed by atoms with Gasteiger partial charge in [-0.3, -0.25) is 4.79 Å². The highest BCUT2D eigenvalue weighted by Crippen LogP contribution is 2.27. The van der Waals surface area contributed by atoms with E-state index >= 15 is 0 Å². The number of carbonyl (C=O) groups excluding carboxylic acids is 1. The highest BCUT2D eigenvalue weighted by Gasteiger charge is 2.09. The molecule has 0 aliphatic carbocycles. The lowest BCUT2D eigenvalue weighted by molar-refractivity contribution is -0.134. The van der Waals surface area contributed by atoms with Crippen molar-refractivity contribution in [3.8, 4) is 17.6 Å². The zero-order valence-corrected chi connectivity index (χ0v) is 17.1. The van der Waals surface area contributed by atoms with Crippen molar-refractivity contribution in [3.63, 3.8) is 0 Å². The summed E-state index contributed by atoms with van der Waals surface area (Å²) in [6, 6.07) is 24.8. The maximum absolute atomic E-state index is 12.1. The third kappa shape index (κ3) is 5.59. The number of ether oxygens (including phenoxy) is 2. The lowest BCUT2D eigenvalue weighted by atomic mass is 10.0. The van der Waals surface area contributed by atoms with Crippen LogP contribution in [-0.2, 0) is 11.2 Å². The molecule has 0 aliphatic rings. The molecule has 4 nitrogen and oxygen atoms in total. The Kier molecular flexibility index (Phi) is 7.02. The molecule has 0 aromatic heterocycles. The molecule has 0 unspecified atom stereocenters. The van der Waals surface area contributed by atoms with Crippen LogP contribution in [0, 0.1) is 18.3 Å². The predicted molar refractivity (Wildman–Crippen MR) is 118 cm³/mol. The van der Waals surface area contributed by atoms with Gasteiger partial charge in [0.2, 0.25) is 0 Å². The number of carbonyl (C=O) groups is 1. The second kappa shape index (κ2) is 10.1. The van der Waals surface area contributed by atoms with Crippen LogP contribution in [-0.4, -0.2) is 13.1 Å². The summed E-state index contributed by atoms with van der Waals surface area (Å²) in [5, 5.41) is 9.56. The highest BCUT2D eigenvalue weighted by molar-refractivity contribution is 5.91. The number of methoxy groups -OCH3 is 1. The van der Waals surface area contributed by atoms with Gasteiger partial charge in [-0.2, -0.15) is 5.26 Å². The minimum atomic E-state index is -0.273. The minimum Gasteiger partial charge on any atom is -0.496 e. The van der Waals surface area contributed by atoms with Crippen molar-refractivity contribution in [1.29, 1.82) is 5.26 Å². The van der Waals surface area contributed by atoms with Crippen molar-refractivity contribution >= 4 is 17.6 Å². The lowest BCUT2D eigenvalue weighted by Gasteiger charge is -2.07. The second-order valence-corrected chi connectivity index (χ2v) is 6.90. The molecule has 0 bridgehead atoms. The van der Waals surface area contributed by atoms with E-state index in [4.69, 9.17) is 9.47 Å². The van der Waals surface area contributed by atoms with Crippen LogP contribution in [0.1, 0.15) is 28.7 Å². The number of aryl methyl sites for hydroxylation is 2. The second-order valence-electron chi connectivity index (χ2n) is 6.90. The number of hydrogen-bond donors (Lipinski definition) is 0. The number of para-hydroxylation sites is 1. The van der Waals surface area contributed by atoms with Crippen LogP contribution in [0.15, 0.2) is 72.8 Å². The molecular formula is C26H23NO3. The van der Waals surface area contributed by atoms with Gasteiger partial charge >= 0.3 is 5.97 Å². The number of benzene rings is 3. The fourth-order valence-corrected chi connectivity index (χ4v) is 3.02.